The highest BCUT2D eigenvalue weighted by atomic mass is 16.3. The summed E-state index contributed by atoms with van der Waals surface area (Å²) in [6, 6.07) is 16.9. The van der Waals surface area contributed by atoms with E-state index in [4.69, 9.17) is 4.42 Å². The number of hydrogen-bond donors (Lipinski definition) is 1. The van der Waals surface area contributed by atoms with Crippen LogP contribution in [0.5, 0.6) is 0 Å². The molecule has 0 radical (unpaired) electrons. The molecule has 0 aliphatic carbocycles. The Kier molecular flexibility index (Phi) is 4.07. The predicted molar refractivity (Wildman–Crippen MR) is 88.4 cm³/mol. The predicted octanol–water partition coefficient (Wildman–Crippen LogP) is 4.91. The number of nitrogens with one attached hydrogen (secondary N) is 1. The largest absolute Gasteiger partial charge is 0.460 e. The summed E-state index contributed by atoms with van der Waals surface area (Å²) >= 11 is 0. The van der Waals surface area contributed by atoms with Crippen LogP contribution in [0.4, 0.5) is 0 Å². The van der Waals surface area contributed by atoms with Crippen LogP contribution >= 0.6 is 0 Å². The molecule has 21 heavy (non-hydrogen) atoms. The highest BCUT2D eigenvalue weighted by Crippen LogP contribution is 2.33. The molecule has 0 unspecified atom stereocenters. The average Bonchev–Trinajstić information content (AvgIpc) is 2.96. The second kappa shape index (κ2) is 6.15. The molecule has 2 heteroatoms. The van der Waals surface area contributed by atoms with E-state index in [9.17, 15) is 0 Å². The van der Waals surface area contributed by atoms with Gasteiger partial charge in [0.2, 0.25) is 0 Å². The van der Waals surface area contributed by atoms with Gasteiger partial charge in [-0.1, -0.05) is 43.3 Å². The third-order valence-corrected chi connectivity index (χ3v) is 3.77. The van der Waals surface area contributed by atoms with E-state index in [2.05, 4.69) is 67.7 Å². The van der Waals surface area contributed by atoms with E-state index in [-0.39, 0.29) is 0 Å². The fraction of sp³-hybridized carbons (Fsp3) is 0.263. The zero-order valence-electron chi connectivity index (χ0n) is 12.6. The van der Waals surface area contributed by atoms with Crippen molar-refractivity contribution in [2.24, 2.45) is 0 Å². The summed E-state index contributed by atoms with van der Waals surface area (Å²) < 4.78 is 6.04. The van der Waals surface area contributed by atoms with Crippen molar-refractivity contribution >= 4 is 10.8 Å². The number of aryl methyl sites for hydroxylation is 1. The van der Waals surface area contributed by atoms with Crippen LogP contribution in [0, 0.1) is 6.92 Å². The van der Waals surface area contributed by atoms with Crippen molar-refractivity contribution in [2.75, 3.05) is 6.54 Å². The van der Waals surface area contributed by atoms with E-state index < -0.39 is 0 Å². The third-order valence-electron chi connectivity index (χ3n) is 3.77. The minimum absolute atomic E-state index is 0.789. The van der Waals surface area contributed by atoms with Crippen LogP contribution < -0.4 is 5.32 Å². The topological polar surface area (TPSA) is 25.2 Å². The number of fused-ring (bicyclic) bond motifs is 1. The monoisotopic (exact) mass is 279 g/mol. The molecule has 0 bridgehead atoms. The molecule has 0 amide bonds. The second-order valence-electron chi connectivity index (χ2n) is 5.42. The van der Waals surface area contributed by atoms with Crippen molar-refractivity contribution in [3.8, 4) is 11.3 Å². The van der Waals surface area contributed by atoms with Gasteiger partial charge in [0.1, 0.15) is 11.5 Å². The third kappa shape index (κ3) is 2.86. The molecular formula is C19H21NO. The molecule has 0 aliphatic rings. The van der Waals surface area contributed by atoms with E-state index in [1.54, 1.807) is 0 Å². The Hall–Kier alpha value is -2.06. The average molecular weight is 279 g/mol. The molecular weight excluding hydrogens is 258 g/mol. The van der Waals surface area contributed by atoms with Crippen LogP contribution in [0.1, 0.15) is 24.7 Å². The Bertz CT molecular complexity index is 742. The zero-order valence-corrected chi connectivity index (χ0v) is 12.6. The van der Waals surface area contributed by atoms with Crippen molar-refractivity contribution in [1.29, 1.82) is 0 Å². The van der Waals surface area contributed by atoms with Gasteiger partial charge in [-0.15, -0.1) is 0 Å². The highest BCUT2D eigenvalue weighted by Gasteiger charge is 2.11. The van der Waals surface area contributed by atoms with Crippen molar-refractivity contribution in [2.45, 2.75) is 26.8 Å². The van der Waals surface area contributed by atoms with E-state index in [1.165, 1.54) is 21.9 Å². The first-order valence-electron chi connectivity index (χ1n) is 7.57. The maximum atomic E-state index is 6.04. The van der Waals surface area contributed by atoms with Gasteiger partial charge >= 0.3 is 0 Å². The van der Waals surface area contributed by atoms with E-state index in [0.29, 0.717) is 0 Å². The van der Waals surface area contributed by atoms with Crippen molar-refractivity contribution in [3.05, 3.63) is 59.9 Å². The highest BCUT2D eigenvalue weighted by molar-refractivity contribution is 5.97. The molecule has 1 N–H and O–H groups in total. The van der Waals surface area contributed by atoms with Crippen LogP contribution in [0.3, 0.4) is 0 Å². The van der Waals surface area contributed by atoms with Crippen molar-refractivity contribution in [1.82, 2.24) is 5.32 Å². The van der Waals surface area contributed by atoms with Crippen molar-refractivity contribution < 1.29 is 4.42 Å². The maximum absolute atomic E-state index is 6.04. The van der Waals surface area contributed by atoms with Gasteiger partial charge in [-0.2, -0.15) is 0 Å². The van der Waals surface area contributed by atoms with E-state index >= 15 is 0 Å². The molecule has 0 atom stereocenters. The summed E-state index contributed by atoms with van der Waals surface area (Å²) in [5.74, 6) is 1.95. The normalized spacial score (nSPS) is 11.1. The molecule has 2 nitrogen and oxygen atoms in total. The van der Waals surface area contributed by atoms with Crippen LogP contribution in [0.2, 0.25) is 0 Å². The molecule has 2 aromatic carbocycles. The Labute approximate surface area is 125 Å². The van der Waals surface area contributed by atoms with Gasteiger partial charge in [0.05, 0.1) is 6.54 Å². The van der Waals surface area contributed by atoms with Crippen LogP contribution in [-0.4, -0.2) is 6.54 Å². The quantitative estimate of drug-likeness (QED) is 0.671. The Balaban J connectivity index is 1.98. The number of benzene rings is 2. The Morgan fingerprint density at radius 1 is 1.00 bits per heavy atom. The zero-order chi connectivity index (χ0) is 14.7. The summed E-state index contributed by atoms with van der Waals surface area (Å²) in [6.07, 6.45) is 1.13. The molecule has 0 aliphatic heterocycles. The minimum Gasteiger partial charge on any atom is -0.460 e. The fourth-order valence-electron chi connectivity index (χ4n) is 2.70. The molecule has 1 heterocycles. The van der Waals surface area contributed by atoms with E-state index in [0.717, 1.165) is 31.0 Å². The molecule has 3 aromatic rings. The van der Waals surface area contributed by atoms with Gasteiger partial charge in [-0.25, -0.2) is 0 Å². The lowest BCUT2D eigenvalue weighted by atomic mass is 9.98. The van der Waals surface area contributed by atoms with Crippen LogP contribution in [0.25, 0.3) is 22.1 Å². The minimum atomic E-state index is 0.789. The Morgan fingerprint density at radius 3 is 2.71 bits per heavy atom. The van der Waals surface area contributed by atoms with Gasteiger partial charge < -0.3 is 9.73 Å². The lowest BCUT2D eigenvalue weighted by Crippen LogP contribution is -2.12. The fourth-order valence-corrected chi connectivity index (χ4v) is 2.70. The molecule has 108 valence electrons. The standard InChI is InChI=1S/C19H21NO/c1-3-12-20-13-16-10-11-18(21-16)19-14(2)8-9-15-6-4-5-7-17(15)19/h4-11,20H,3,12-13H2,1-2H3. The first-order valence-corrected chi connectivity index (χ1v) is 7.57. The maximum Gasteiger partial charge on any atom is 0.135 e. The Morgan fingerprint density at radius 2 is 1.86 bits per heavy atom. The number of hydrogen-bond acceptors (Lipinski definition) is 2. The lowest BCUT2D eigenvalue weighted by Gasteiger charge is -2.08. The van der Waals surface area contributed by atoms with Crippen LogP contribution in [0.15, 0.2) is 52.9 Å². The molecule has 0 saturated heterocycles. The molecule has 1 aromatic heterocycles. The van der Waals surface area contributed by atoms with Crippen molar-refractivity contribution in [3.63, 3.8) is 0 Å². The van der Waals surface area contributed by atoms with Gasteiger partial charge in [-0.05, 0) is 48.4 Å². The summed E-state index contributed by atoms with van der Waals surface area (Å²) in [6.45, 7) is 6.11. The second-order valence-corrected chi connectivity index (χ2v) is 5.42. The lowest BCUT2D eigenvalue weighted by molar-refractivity contribution is 0.494. The SMILES string of the molecule is CCCNCc1ccc(-c2c(C)ccc3ccccc23)o1. The summed E-state index contributed by atoms with van der Waals surface area (Å²) in [7, 11) is 0. The summed E-state index contributed by atoms with van der Waals surface area (Å²) in [5, 5.41) is 5.87. The summed E-state index contributed by atoms with van der Waals surface area (Å²) in [4.78, 5) is 0. The van der Waals surface area contributed by atoms with Gasteiger partial charge in [0, 0.05) is 5.56 Å². The van der Waals surface area contributed by atoms with Gasteiger partial charge in [0.15, 0.2) is 0 Å². The van der Waals surface area contributed by atoms with Gasteiger partial charge in [0.25, 0.3) is 0 Å². The molecule has 3 rings (SSSR count). The smallest absolute Gasteiger partial charge is 0.135 e. The van der Waals surface area contributed by atoms with Gasteiger partial charge in [-0.3, -0.25) is 0 Å². The first-order chi connectivity index (χ1) is 10.3. The van der Waals surface area contributed by atoms with E-state index in [1.807, 2.05) is 0 Å². The molecule has 0 fully saturated rings. The molecule has 0 saturated carbocycles. The summed E-state index contributed by atoms with van der Waals surface area (Å²) in [5.41, 5.74) is 2.45. The number of furan rings is 1. The molecule has 0 spiro atoms. The van der Waals surface area contributed by atoms with Crippen LogP contribution in [-0.2, 0) is 6.54 Å². The number of rotatable bonds is 5. The first kappa shape index (κ1) is 13.9.